The summed E-state index contributed by atoms with van der Waals surface area (Å²) in [6.07, 6.45) is 3.51. The van der Waals surface area contributed by atoms with Crippen molar-refractivity contribution in [2.75, 3.05) is 46.4 Å². The Bertz CT molecular complexity index is 539. The Hall–Kier alpha value is -0.380. The van der Waals surface area contributed by atoms with Crippen molar-refractivity contribution in [2.45, 2.75) is 46.1 Å². The average molecular weight is 523 g/mol. The van der Waals surface area contributed by atoms with Gasteiger partial charge in [0.2, 0.25) is 0 Å². The first-order valence-electron chi connectivity index (χ1n) is 10.4. The molecule has 1 saturated heterocycles. The van der Waals surface area contributed by atoms with E-state index in [2.05, 4.69) is 60.9 Å². The second-order valence-corrected chi connectivity index (χ2v) is 8.79. The molecule has 2 heterocycles. The SMILES string of the molecule is CCNC(=NCC1CCCN(C)C1c1cccs1)NCCCOCC(C)C.I. The topological polar surface area (TPSA) is 48.9 Å². The van der Waals surface area contributed by atoms with Gasteiger partial charge in [-0.15, -0.1) is 35.3 Å². The molecule has 2 atom stereocenters. The predicted octanol–water partition coefficient (Wildman–Crippen LogP) is 4.37. The number of halogens is 1. The van der Waals surface area contributed by atoms with Crippen LogP contribution in [0, 0.1) is 11.8 Å². The van der Waals surface area contributed by atoms with Crippen LogP contribution in [-0.2, 0) is 4.74 Å². The molecular formula is C21H39IN4OS. The van der Waals surface area contributed by atoms with Crippen molar-refractivity contribution < 1.29 is 4.74 Å². The van der Waals surface area contributed by atoms with Crippen LogP contribution < -0.4 is 10.6 Å². The fraction of sp³-hybridized carbons (Fsp3) is 0.762. The smallest absolute Gasteiger partial charge is 0.191 e. The van der Waals surface area contributed by atoms with Gasteiger partial charge >= 0.3 is 0 Å². The highest BCUT2D eigenvalue weighted by molar-refractivity contribution is 14.0. The fourth-order valence-electron chi connectivity index (χ4n) is 3.61. The molecular weight excluding hydrogens is 483 g/mol. The minimum Gasteiger partial charge on any atom is -0.381 e. The summed E-state index contributed by atoms with van der Waals surface area (Å²) < 4.78 is 5.65. The maximum Gasteiger partial charge on any atom is 0.191 e. The number of likely N-dealkylation sites (tertiary alicyclic amines) is 1. The number of nitrogens with one attached hydrogen (secondary N) is 2. The molecule has 0 spiro atoms. The van der Waals surface area contributed by atoms with Gasteiger partial charge in [0.25, 0.3) is 0 Å². The van der Waals surface area contributed by atoms with E-state index in [1.54, 1.807) is 0 Å². The zero-order valence-electron chi connectivity index (χ0n) is 17.9. The van der Waals surface area contributed by atoms with Crippen LogP contribution in [0.1, 0.15) is 51.0 Å². The van der Waals surface area contributed by atoms with Crippen LogP contribution in [0.5, 0.6) is 0 Å². The number of ether oxygens (including phenoxy) is 1. The monoisotopic (exact) mass is 522 g/mol. The quantitative estimate of drug-likeness (QED) is 0.208. The van der Waals surface area contributed by atoms with Gasteiger partial charge < -0.3 is 15.4 Å². The molecule has 0 aromatic carbocycles. The third-order valence-electron chi connectivity index (χ3n) is 4.88. The summed E-state index contributed by atoms with van der Waals surface area (Å²) >= 11 is 1.87. The lowest BCUT2D eigenvalue weighted by Gasteiger charge is -2.38. The van der Waals surface area contributed by atoms with E-state index in [9.17, 15) is 0 Å². The van der Waals surface area contributed by atoms with E-state index in [0.29, 0.717) is 17.9 Å². The van der Waals surface area contributed by atoms with E-state index in [4.69, 9.17) is 9.73 Å². The summed E-state index contributed by atoms with van der Waals surface area (Å²) in [6.45, 7) is 11.9. The number of piperidine rings is 1. The van der Waals surface area contributed by atoms with E-state index in [0.717, 1.165) is 45.2 Å². The van der Waals surface area contributed by atoms with Crippen molar-refractivity contribution in [3.63, 3.8) is 0 Å². The minimum atomic E-state index is 0. The largest absolute Gasteiger partial charge is 0.381 e. The second-order valence-electron chi connectivity index (χ2n) is 7.81. The zero-order valence-corrected chi connectivity index (χ0v) is 21.1. The van der Waals surface area contributed by atoms with Crippen LogP contribution in [0.15, 0.2) is 22.5 Å². The van der Waals surface area contributed by atoms with Crippen molar-refractivity contribution >= 4 is 41.3 Å². The van der Waals surface area contributed by atoms with Crippen molar-refractivity contribution in [3.8, 4) is 0 Å². The number of aliphatic imine (C=N–C) groups is 1. The fourth-order valence-corrected chi connectivity index (χ4v) is 4.59. The Morgan fingerprint density at radius 1 is 1.39 bits per heavy atom. The van der Waals surface area contributed by atoms with Crippen LogP contribution in [0.25, 0.3) is 0 Å². The molecule has 0 saturated carbocycles. The maximum absolute atomic E-state index is 5.65. The lowest BCUT2D eigenvalue weighted by molar-refractivity contribution is 0.108. The van der Waals surface area contributed by atoms with Crippen molar-refractivity contribution in [1.82, 2.24) is 15.5 Å². The van der Waals surface area contributed by atoms with Crippen LogP contribution in [0.4, 0.5) is 0 Å². The van der Waals surface area contributed by atoms with Gasteiger partial charge in [-0.1, -0.05) is 19.9 Å². The van der Waals surface area contributed by atoms with E-state index in [1.807, 2.05) is 11.3 Å². The van der Waals surface area contributed by atoms with Crippen LogP contribution in [-0.4, -0.2) is 57.3 Å². The average Bonchev–Trinajstić information content (AvgIpc) is 3.16. The minimum absolute atomic E-state index is 0. The number of guanidine groups is 1. The van der Waals surface area contributed by atoms with E-state index in [-0.39, 0.29) is 24.0 Å². The Morgan fingerprint density at radius 3 is 2.89 bits per heavy atom. The highest BCUT2D eigenvalue weighted by Gasteiger charge is 2.31. The van der Waals surface area contributed by atoms with Crippen LogP contribution in [0.2, 0.25) is 0 Å². The van der Waals surface area contributed by atoms with Crippen molar-refractivity contribution in [3.05, 3.63) is 22.4 Å². The molecule has 0 aliphatic carbocycles. The number of rotatable bonds is 10. The highest BCUT2D eigenvalue weighted by atomic mass is 127. The summed E-state index contributed by atoms with van der Waals surface area (Å²) in [4.78, 5) is 8.88. The summed E-state index contributed by atoms with van der Waals surface area (Å²) in [7, 11) is 2.25. The van der Waals surface area contributed by atoms with E-state index in [1.165, 1.54) is 24.3 Å². The number of thiophene rings is 1. The lowest BCUT2D eigenvalue weighted by atomic mass is 9.88. The van der Waals surface area contributed by atoms with Crippen molar-refractivity contribution in [1.29, 1.82) is 0 Å². The Morgan fingerprint density at radius 2 is 2.21 bits per heavy atom. The van der Waals surface area contributed by atoms with Gasteiger partial charge in [-0.2, -0.15) is 0 Å². The summed E-state index contributed by atoms with van der Waals surface area (Å²) in [5.41, 5.74) is 0. The van der Waals surface area contributed by atoms with Gasteiger partial charge in [0.15, 0.2) is 5.96 Å². The number of nitrogens with zero attached hydrogens (tertiary/aromatic N) is 2. The van der Waals surface area contributed by atoms with Gasteiger partial charge in [-0.25, -0.2) is 0 Å². The molecule has 2 unspecified atom stereocenters. The van der Waals surface area contributed by atoms with Gasteiger partial charge in [0.1, 0.15) is 0 Å². The molecule has 1 aliphatic heterocycles. The molecule has 0 radical (unpaired) electrons. The third-order valence-corrected chi connectivity index (χ3v) is 5.82. The molecule has 2 N–H and O–H groups in total. The number of hydrogen-bond acceptors (Lipinski definition) is 4. The van der Waals surface area contributed by atoms with Gasteiger partial charge in [0.05, 0.1) is 0 Å². The van der Waals surface area contributed by atoms with Crippen LogP contribution in [0.3, 0.4) is 0 Å². The van der Waals surface area contributed by atoms with E-state index >= 15 is 0 Å². The highest BCUT2D eigenvalue weighted by Crippen LogP contribution is 2.37. The van der Waals surface area contributed by atoms with Gasteiger partial charge in [0, 0.05) is 43.8 Å². The molecule has 0 bridgehead atoms. The molecule has 1 aromatic rings. The van der Waals surface area contributed by atoms with Gasteiger partial charge in [-0.3, -0.25) is 9.89 Å². The second kappa shape index (κ2) is 14.6. The normalized spacial score (nSPS) is 20.8. The predicted molar refractivity (Wildman–Crippen MR) is 132 cm³/mol. The molecule has 5 nitrogen and oxygen atoms in total. The molecule has 1 aromatic heterocycles. The molecule has 1 fully saturated rings. The van der Waals surface area contributed by atoms with Crippen molar-refractivity contribution in [2.24, 2.45) is 16.8 Å². The Labute approximate surface area is 192 Å². The zero-order chi connectivity index (χ0) is 19.5. The lowest BCUT2D eigenvalue weighted by Crippen LogP contribution is -2.40. The summed E-state index contributed by atoms with van der Waals surface area (Å²) in [5, 5.41) is 9.02. The molecule has 162 valence electrons. The molecule has 28 heavy (non-hydrogen) atoms. The first-order chi connectivity index (χ1) is 13.1. The number of hydrogen-bond donors (Lipinski definition) is 2. The standard InChI is InChI=1S/C21H38N4OS.HI/c1-5-22-21(23-11-8-13-26-16-17(2)3)24-15-18-9-6-12-25(4)20(18)19-10-7-14-27-19;/h7,10,14,17-18,20H,5-6,8-9,11-13,15-16H2,1-4H3,(H2,22,23,24);1H. The summed E-state index contributed by atoms with van der Waals surface area (Å²) in [5.74, 6) is 2.11. The Balaban J connectivity index is 0.00000392. The molecule has 7 heteroatoms. The third kappa shape index (κ3) is 8.97. The first-order valence-corrected chi connectivity index (χ1v) is 11.3. The summed E-state index contributed by atoms with van der Waals surface area (Å²) in [6, 6.07) is 4.93. The maximum atomic E-state index is 5.65. The molecule has 1 aliphatic rings. The van der Waals surface area contributed by atoms with Crippen LogP contribution >= 0.6 is 35.3 Å². The molecule has 0 amide bonds. The van der Waals surface area contributed by atoms with E-state index < -0.39 is 0 Å². The molecule has 2 rings (SSSR count). The van der Waals surface area contributed by atoms with Gasteiger partial charge in [-0.05, 0) is 63.1 Å². The Kier molecular flexibility index (Phi) is 13.4. The first kappa shape index (κ1) is 25.7.